The molecule has 2 amide bonds. The van der Waals surface area contributed by atoms with Crippen LogP contribution in [0.3, 0.4) is 0 Å². The van der Waals surface area contributed by atoms with E-state index in [1.807, 2.05) is 58.6 Å². The quantitative estimate of drug-likeness (QED) is 0.221. The van der Waals surface area contributed by atoms with Crippen molar-refractivity contribution in [2.75, 3.05) is 52.4 Å². The minimum atomic E-state index is -0.0610. The molecule has 5 heterocycles. The molecule has 0 bridgehead atoms. The number of anilines is 1. The summed E-state index contributed by atoms with van der Waals surface area (Å²) in [4.78, 5) is 36.2. The van der Waals surface area contributed by atoms with Crippen molar-refractivity contribution in [2.45, 2.75) is 63.5 Å². The van der Waals surface area contributed by atoms with Crippen LogP contribution >= 0.6 is 0 Å². The zero-order valence-electron chi connectivity index (χ0n) is 29.7. The standard InChI is InChI=1S/C41H44N4O7/c1-48-29-8-6-25(7-9-29)26-16-27-21-42-32-18-35(34(49-2)17-31(32)39(46)44(27)23-26)50-13-4-3-5-14-51-36-19-33-37(30-10-15-52-38(30)36)40(47)45-24-41(11-12-41)20-28(45)22-43-33/h6-9,17-19,22-23,27-28,42H,3-5,10-16,20-21,24H2,1-2H3/t27-,28-/m0/s1. The molecule has 6 aliphatic rings. The lowest BCUT2D eigenvalue weighted by Gasteiger charge is -2.21. The summed E-state index contributed by atoms with van der Waals surface area (Å²) in [6.07, 6.45) is 11.4. The van der Waals surface area contributed by atoms with Crippen LogP contribution < -0.4 is 29.0 Å². The van der Waals surface area contributed by atoms with E-state index in [0.29, 0.717) is 78.0 Å². The monoisotopic (exact) mass is 704 g/mol. The largest absolute Gasteiger partial charge is 0.497 e. The lowest BCUT2D eigenvalue weighted by molar-refractivity contribution is 0.0765. The number of carbonyl (C=O) groups is 2. The third-order valence-electron chi connectivity index (χ3n) is 11.5. The average Bonchev–Trinajstić information content (AvgIpc) is 3.47. The predicted molar refractivity (Wildman–Crippen MR) is 197 cm³/mol. The maximum Gasteiger partial charge on any atom is 0.260 e. The molecule has 3 aromatic rings. The van der Waals surface area contributed by atoms with Crippen molar-refractivity contribution >= 4 is 35.0 Å². The third-order valence-corrected chi connectivity index (χ3v) is 11.5. The summed E-state index contributed by atoms with van der Waals surface area (Å²) in [6.45, 7) is 3.02. The van der Waals surface area contributed by atoms with Gasteiger partial charge in [-0.05, 0) is 79.7 Å². The summed E-state index contributed by atoms with van der Waals surface area (Å²) in [6, 6.07) is 13.6. The van der Waals surface area contributed by atoms with Crippen molar-refractivity contribution in [3.05, 3.63) is 70.9 Å². The Labute approximate surface area is 303 Å². The molecule has 0 aromatic heterocycles. The molecule has 1 N–H and O–H groups in total. The normalized spacial score (nSPS) is 21.5. The molecule has 11 heteroatoms. The predicted octanol–water partition coefficient (Wildman–Crippen LogP) is 6.66. The van der Waals surface area contributed by atoms with Crippen molar-refractivity contribution in [1.29, 1.82) is 0 Å². The smallest absolute Gasteiger partial charge is 0.260 e. The number of amides is 2. The molecule has 1 spiro atoms. The molecule has 1 saturated carbocycles. The Morgan fingerprint density at radius 3 is 2.52 bits per heavy atom. The van der Waals surface area contributed by atoms with Crippen molar-refractivity contribution in [1.82, 2.24) is 9.80 Å². The molecule has 0 radical (unpaired) electrons. The van der Waals surface area contributed by atoms with Crippen LogP contribution in [0.4, 0.5) is 11.4 Å². The number of nitrogens with one attached hydrogen (secondary N) is 1. The van der Waals surface area contributed by atoms with Crippen LogP contribution in [-0.4, -0.2) is 87.0 Å². The van der Waals surface area contributed by atoms with Crippen molar-refractivity contribution < 1.29 is 33.3 Å². The van der Waals surface area contributed by atoms with E-state index < -0.39 is 0 Å². The molecule has 270 valence electrons. The van der Waals surface area contributed by atoms with Gasteiger partial charge in [0.2, 0.25) is 0 Å². The maximum absolute atomic E-state index is 13.7. The summed E-state index contributed by atoms with van der Waals surface area (Å²) in [5.41, 5.74) is 6.15. The fraction of sp³-hybridized carbons (Fsp3) is 0.439. The molecule has 9 rings (SSSR count). The molecule has 0 unspecified atom stereocenters. The first-order valence-corrected chi connectivity index (χ1v) is 18.5. The highest BCUT2D eigenvalue weighted by Crippen LogP contribution is 2.56. The van der Waals surface area contributed by atoms with E-state index in [1.165, 1.54) is 12.8 Å². The number of hydrogen-bond acceptors (Lipinski definition) is 9. The molecule has 5 aliphatic heterocycles. The molecule has 2 atom stereocenters. The molecular formula is C41H44N4O7. The maximum atomic E-state index is 13.7. The lowest BCUT2D eigenvalue weighted by atomic mass is 10.0. The first kappa shape index (κ1) is 32.7. The number of unbranched alkanes of at least 4 members (excludes halogenated alkanes) is 2. The highest BCUT2D eigenvalue weighted by molar-refractivity contribution is 6.05. The van der Waals surface area contributed by atoms with Gasteiger partial charge in [-0.15, -0.1) is 0 Å². The molecule has 52 heavy (non-hydrogen) atoms. The van der Waals surface area contributed by atoms with Gasteiger partial charge in [0.1, 0.15) is 5.75 Å². The molecular weight excluding hydrogens is 660 g/mol. The molecule has 11 nitrogen and oxygen atoms in total. The minimum absolute atomic E-state index is 0.00999. The Morgan fingerprint density at radius 1 is 0.942 bits per heavy atom. The number of fused-ring (bicyclic) bond motifs is 6. The van der Waals surface area contributed by atoms with E-state index in [2.05, 4.69) is 5.32 Å². The van der Waals surface area contributed by atoms with Gasteiger partial charge in [-0.25, -0.2) is 0 Å². The number of benzene rings is 3. The summed E-state index contributed by atoms with van der Waals surface area (Å²) in [7, 11) is 3.25. The van der Waals surface area contributed by atoms with Gasteiger partial charge in [-0.1, -0.05) is 12.1 Å². The number of aliphatic imine (C=N–C) groups is 1. The van der Waals surface area contributed by atoms with Crippen LogP contribution in [0.15, 0.2) is 53.7 Å². The van der Waals surface area contributed by atoms with E-state index in [9.17, 15) is 9.59 Å². The van der Waals surface area contributed by atoms with Gasteiger partial charge in [0.25, 0.3) is 11.8 Å². The summed E-state index contributed by atoms with van der Waals surface area (Å²) < 4.78 is 29.4. The van der Waals surface area contributed by atoms with E-state index in [-0.39, 0.29) is 23.9 Å². The third kappa shape index (κ3) is 5.80. The Kier molecular flexibility index (Phi) is 8.23. The fourth-order valence-corrected chi connectivity index (χ4v) is 8.42. The highest BCUT2D eigenvalue weighted by Gasteiger charge is 2.54. The fourth-order valence-electron chi connectivity index (χ4n) is 8.42. The van der Waals surface area contributed by atoms with Crippen LogP contribution in [0, 0.1) is 5.41 Å². The number of hydrogen-bond donors (Lipinski definition) is 1. The summed E-state index contributed by atoms with van der Waals surface area (Å²) >= 11 is 0. The number of rotatable bonds is 11. The Balaban J connectivity index is 0.797. The molecule has 3 aromatic carbocycles. The van der Waals surface area contributed by atoms with Gasteiger partial charge in [0, 0.05) is 49.6 Å². The Hall–Kier alpha value is -5.19. The molecule has 2 fully saturated rings. The Bertz CT molecular complexity index is 1990. The van der Waals surface area contributed by atoms with Gasteiger partial charge < -0.3 is 38.8 Å². The van der Waals surface area contributed by atoms with Gasteiger partial charge >= 0.3 is 0 Å². The second-order valence-electron chi connectivity index (χ2n) is 14.8. The van der Waals surface area contributed by atoms with E-state index in [0.717, 1.165) is 66.8 Å². The molecule has 1 saturated heterocycles. The Morgan fingerprint density at radius 2 is 1.75 bits per heavy atom. The van der Waals surface area contributed by atoms with E-state index in [1.54, 1.807) is 20.3 Å². The number of nitrogens with zero attached hydrogens (tertiary/aromatic N) is 3. The molecule has 1 aliphatic carbocycles. The van der Waals surface area contributed by atoms with Gasteiger partial charge in [-0.2, -0.15) is 0 Å². The SMILES string of the molecule is COc1ccc(C2=CN3C(=O)c4cc(OC)c(OCCCCCOc5cc6c(c7c5OCC7)C(=O)N5CC7(CC7)C[C@H]5C=N6)cc4NC[C@@H]3C2)cc1. The first-order chi connectivity index (χ1) is 25.4. The summed E-state index contributed by atoms with van der Waals surface area (Å²) in [5, 5.41) is 3.49. The highest BCUT2D eigenvalue weighted by atomic mass is 16.5. The number of carbonyl (C=O) groups excluding carboxylic acids is 2. The topological polar surface area (TPSA) is 111 Å². The second-order valence-corrected chi connectivity index (χ2v) is 14.8. The van der Waals surface area contributed by atoms with Crippen LogP contribution in [0.25, 0.3) is 5.57 Å². The van der Waals surface area contributed by atoms with Crippen LogP contribution in [0.5, 0.6) is 28.7 Å². The van der Waals surface area contributed by atoms with Crippen LogP contribution in [0.1, 0.15) is 76.8 Å². The average molecular weight is 705 g/mol. The number of methoxy groups -OCH3 is 2. The summed E-state index contributed by atoms with van der Waals surface area (Å²) in [5.74, 6) is 3.32. The van der Waals surface area contributed by atoms with Crippen LogP contribution in [0.2, 0.25) is 0 Å². The lowest BCUT2D eigenvalue weighted by Crippen LogP contribution is -2.36. The second kappa shape index (κ2) is 13.1. The minimum Gasteiger partial charge on any atom is -0.497 e. The van der Waals surface area contributed by atoms with Gasteiger partial charge in [-0.3, -0.25) is 14.6 Å². The van der Waals surface area contributed by atoms with E-state index in [4.69, 9.17) is 28.7 Å². The zero-order chi connectivity index (χ0) is 35.4. The van der Waals surface area contributed by atoms with Crippen molar-refractivity contribution in [2.24, 2.45) is 10.4 Å². The van der Waals surface area contributed by atoms with E-state index >= 15 is 0 Å². The van der Waals surface area contributed by atoms with Gasteiger partial charge in [0.05, 0.1) is 68.6 Å². The van der Waals surface area contributed by atoms with Crippen molar-refractivity contribution in [3.63, 3.8) is 0 Å². The van der Waals surface area contributed by atoms with Gasteiger partial charge in [0.15, 0.2) is 23.0 Å². The zero-order valence-corrected chi connectivity index (χ0v) is 29.7. The van der Waals surface area contributed by atoms with Crippen LogP contribution in [-0.2, 0) is 6.42 Å². The van der Waals surface area contributed by atoms with Crippen molar-refractivity contribution in [3.8, 4) is 28.7 Å². The first-order valence-electron chi connectivity index (χ1n) is 18.5. The number of ether oxygens (including phenoxy) is 5.